The zero-order valence-electron chi connectivity index (χ0n) is 17.1. The summed E-state index contributed by atoms with van der Waals surface area (Å²) in [5.74, 6) is -0.105. The van der Waals surface area contributed by atoms with Crippen molar-refractivity contribution < 1.29 is 14.3 Å². The lowest BCUT2D eigenvalue weighted by Gasteiger charge is -2.16. The fourth-order valence-corrected chi connectivity index (χ4v) is 4.00. The fourth-order valence-electron chi connectivity index (χ4n) is 4.00. The van der Waals surface area contributed by atoms with E-state index < -0.39 is 0 Å². The second-order valence-electron chi connectivity index (χ2n) is 7.83. The quantitative estimate of drug-likeness (QED) is 0.236. The van der Waals surface area contributed by atoms with E-state index in [1.807, 2.05) is 6.92 Å². The number of methoxy groups -OCH3 is 1. The maximum Gasteiger partial charge on any atom is 0.312 e. The van der Waals surface area contributed by atoms with Gasteiger partial charge in [0.05, 0.1) is 5.92 Å². The molecule has 3 atom stereocenters. The first-order valence-electron chi connectivity index (χ1n) is 10.9. The molecule has 1 saturated heterocycles. The molecule has 0 bridgehead atoms. The highest BCUT2D eigenvalue weighted by Gasteiger charge is 2.41. The van der Waals surface area contributed by atoms with Crippen LogP contribution in [-0.2, 0) is 14.3 Å². The molecule has 0 amide bonds. The van der Waals surface area contributed by atoms with Crippen LogP contribution in [0.5, 0.6) is 0 Å². The molecule has 1 aliphatic heterocycles. The number of carbonyl (C=O) groups excluding carboxylic acids is 1. The second-order valence-corrected chi connectivity index (χ2v) is 7.83. The van der Waals surface area contributed by atoms with Crippen molar-refractivity contribution in [1.82, 2.24) is 0 Å². The van der Waals surface area contributed by atoms with Crippen molar-refractivity contribution in [3.63, 3.8) is 0 Å². The number of carbonyl (C=O) groups is 1. The molecular weight excluding hydrogens is 312 g/mol. The van der Waals surface area contributed by atoms with E-state index in [1.165, 1.54) is 83.5 Å². The van der Waals surface area contributed by atoms with Gasteiger partial charge >= 0.3 is 5.97 Å². The molecule has 0 radical (unpaired) electrons. The predicted molar refractivity (Wildman–Crippen MR) is 105 cm³/mol. The minimum atomic E-state index is -0.0888. The monoisotopic (exact) mass is 354 g/mol. The zero-order valence-corrected chi connectivity index (χ0v) is 17.1. The molecule has 0 saturated carbocycles. The third-order valence-corrected chi connectivity index (χ3v) is 5.60. The van der Waals surface area contributed by atoms with Gasteiger partial charge in [-0.15, -0.1) is 0 Å². The minimum Gasteiger partial charge on any atom is -0.460 e. The van der Waals surface area contributed by atoms with E-state index in [1.54, 1.807) is 7.11 Å². The number of ether oxygens (including phenoxy) is 2. The highest BCUT2D eigenvalue weighted by Crippen LogP contribution is 2.28. The summed E-state index contributed by atoms with van der Waals surface area (Å²) in [6, 6.07) is 0. The Balaban J connectivity index is 1.85. The Kier molecular flexibility index (Phi) is 13.1. The largest absolute Gasteiger partial charge is 0.460 e. The van der Waals surface area contributed by atoms with Crippen LogP contribution in [-0.4, -0.2) is 25.3 Å². The van der Waals surface area contributed by atoms with Crippen molar-refractivity contribution >= 4 is 5.97 Å². The Morgan fingerprint density at radius 2 is 1.24 bits per heavy atom. The number of esters is 1. The average Bonchev–Trinajstić information content (AvgIpc) is 2.88. The first-order valence-corrected chi connectivity index (χ1v) is 10.9. The number of hydrogen-bond acceptors (Lipinski definition) is 3. The summed E-state index contributed by atoms with van der Waals surface area (Å²) in [4.78, 5) is 11.8. The van der Waals surface area contributed by atoms with E-state index in [-0.39, 0.29) is 24.1 Å². The van der Waals surface area contributed by atoms with Crippen LogP contribution in [0.1, 0.15) is 110 Å². The van der Waals surface area contributed by atoms with Crippen molar-refractivity contribution in [2.24, 2.45) is 5.92 Å². The molecule has 0 aliphatic carbocycles. The van der Waals surface area contributed by atoms with E-state index >= 15 is 0 Å². The molecule has 1 fully saturated rings. The van der Waals surface area contributed by atoms with E-state index in [0.717, 1.165) is 12.8 Å². The van der Waals surface area contributed by atoms with Crippen LogP contribution in [0.4, 0.5) is 0 Å². The molecule has 3 nitrogen and oxygen atoms in total. The highest BCUT2D eigenvalue weighted by atomic mass is 16.6. The number of cyclic esters (lactones) is 1. The number of unbranched alkanes of at least 4 members (excludes halogenated alkanes) is 13. The molecule has 3 heteroatoms. The first kappa shape index (κ1) is 22.5. The lowest BCUT2D eigenvalue weighted by molar-refractivity contribution is -0.143. The maximum atomic E-state index is 11.8. The number of rotatable bonds is 16. The van der Waals surface area contributed by atoms with Gasteiger partial charge in [-0.3, -0.25) is 4.79 Å². The normalized spacial score (nSPS) is 23.2. The summed E-state index contributed by atoms with van der Waals surface area (Å²) >= 11 is 0. The summed E-state index contributed by atoms with van der Waals surface area (Å²) < 4.78 is 10.7. The topological polar surface area (TPSA) is 35.5 Å². The Morgan fingerprint density at radius 3 is 1.68 bits per heavy atom. The molecule has 0 N–H and O–H groups in total. The second kappa shape index (κ2) is 14.6. The lowest BCUT2D eigenvalue weighted by atomic mass is 9.94. The Labute approximate surface area is 156 Å². The van der Waals surface area contributed by atoms with Gasteiger partial charge in [0.25, 0.3) is 0 Å². The molecular formula is C22H42O3. The van der Waals surface area contributed by atoms with Gasteiger partial charge in [0.2, 0.25) is 0 Å². The van der Waals surface area contributed by atoms with Crippen molar-refractivity contribution in [3.05, 3.63) is 0 Å². The summed E-state index contributed by atoms with van der Waals surface area (Å²) in [6.45, 7) is 4.21. The fraction of sp³-hybridized carbons (Fsp3) is 0.955. The molecule has 25 heavy (non-hydrogen) atoms. The Morgan fingerprint density at radius 1 is 0.800 bits per heavy atom. The van der Waals surface area contributed by atoms with Crippen LogP contribution >= 0.6 is 0 Å². The van der Waals surface area contributed by atoms with Crippen molar-refractivity contribution in [3.8, 4) is 0 Å². The maximum absolute atomic E-state index is 11.8. The third kappa shape index (κ3) is 9.63. The van der Waals surface area contributed by atoms with Gasteiger partial charge in [-0.25, -0.2) is 0 Å². The molecule has 0 unspecified atom stereocenters. The van der Waals surface area contributed by atoms with Crippen LogP contribution < -0.4 is 0 Å². The van der Waals surface area contributed by atoms with Crippen LogP contribution in [0.2, 0.25) is 0 Å². The van der Waals surface area contributed by atoms with Gasteiger partial charge in [0, 0.05) is 7.11 Å². The summed E-state index contributed by atoms with van der Waals surface area (Å²) in [5, 5.41) is 0. The molecule has 0 spiro atoms. The molecule has 148 valence electrons. The van der Waals surface area contributed by atoms with Crippen LogP contribution in [0.25, 0.3) is 0 Å². The summed E-state index contributed by atoms with van der Waals surface area (Å²) in [6.07, 6.45) is 19.9. The van der Waals surface area contributed by atoms with E-state index in [4.69, 9.17) is 9.47 Å². The van der Waals surface area contributed by atoms with Crippen molar-refractivity contribution in [2.75, 3.05) is 7.11 Å². The summed E-state index contributed by atoms with van der Waals surface area (Å²) in [5.41, 5.74) is 0. The molecule has 1 aliphatic rings. The smallest absolute Gasteiger partial charge is 0.312 e. The predicted octanol–water partition coefficient (Wildman–Crippen LogP) is 6.43. The van der Waals surface area contributed by atoms with Crippen molar-refractivity contribution in [1.29, 1.82) is 0 Å². The van der Waals surface area contributed by atoms with E-state index in [9.17, 15) is 4.79 Å². The van der Waals surface area contributed by atoms with Crippen LogP contribution in [0.15, 0.2) is 0 Å². The van der Waals surface area contributed by atoms with Crippen LogP contribution in [0, 0.1) is 5.92 Å². The number of hydrogen-bond donors (Lipinski definition) is 0. The summed E-state index contributed by atoms with van der Waals surface area (Å²) in [7, 11) is 1.68. The van der Waals surface area contributed by atoms with Gasteiger partial charge < -0.3 is 9.47 Å². The van der Waals surface area contributed by atoms with Crippen LogP contribution in [0.3, 0.4) is 0 Å². The van der Waals surface area contributed by atoms with Crippen molar-refractivity contribution in [2.45, 2.75) is 122 Å². The highest BCUT2D eigenvalue weighted by molar-refractivity contribution is 5.75. The Hall–Kier alpha value is -0.570. The molecule has 0 aromatic heterocycles. The van der Waals surface area contributed by atoms with Gasteiger partial charge in [-0.2, -0.15) is 0 Å². The first-order chi connectivity index (χ1) is 12.2. The van der Waals surface area contributed by atoms with E-state index in [0.29, 0.717) is 0 Å². The minimum absolute atomic E-state index is 0.0441. The third-order valence-electron chi connectivity index (χ3n) is 5.60. The molecule has 1 heterocycles. The zero-order chi connectivity index (χ0) is 18.3. The lowest BCUT2D eigenvalue weighted by Crippen LogP contribution is -2.27. The van der Waals surface area contributed by atoms with E-state index in [2.05, 4.69) is 6.92 Å². The average molecular weight is 355 g/mol. The van der Waals surface area contributed by atoms with Gasteiger partial charge in [-0.05, 0) is 13.3 Å². The van der Waals surface area contributed by atoms with Gasteiger partial charge in [0.15, 0.2) is 0 Å². The van der Waals surface area contributed by atoms with Gasteiger partial charge in [0.1, 0.15) is 12.2 Å². The standard InChI is InChI=1S/C22H42O3/c1-4-5-6-7-8-9-10-11-12-13-14-15-16-17-18-20-21(24-3)19(2)25-22(20)23/h19-21H,4-18H2,1-3H3/t19-,20+,21-/m1/s1. The van der Waals surface area contributed by atoms with Gasteiger partial charge in [-0.1, -0.05) is 96.8 Å². The molecule has 0 aromatic carbocycles. The SMILES string of the molecule is CCCCCCCCCCCCCCCC[C@@H]1C(=O)O[C@H](C)[C@H]1OC. The molecule has 0 aromatic rings. The Bertz CT molecular complexity index is 329. The molecule has 1 rings (SSSR count).